The largest absolute Gasteiger partial charge is 0.326 e. The summed E-state index contributed by atoms with van der Waals surface area (Å²) in [7, 11) is 0. The molecule has 0 aromatic heterocycles. The van der Waals surface area contributed by atoms with Crippen LogP contribution in [0.4, 0.5) is 11.4 Å². The van der Waals surface area contributed by atoms with E-state index in [1.54, 1.807) is 12.1 Å². The zero-order chi connectivity index (χ0) is 15.2. The molecular weight excluding hydrogens is 338 g/mol. The van der Waals surface area contributed by atoms with Gasteiger partial charge in [0.2, 0.25) is 5.91 Å². The summed E-state index contributed by atoms with van der Waals surface area (Å²) >= 11 is 3.14. The van der Waals surface area contributed by atoms with Gasteiger partial charge in [0.1, 0.15) is 0 Å². The minimum Gasteiger partial charge on any atom is -0.326 e. The number of piperidine rings is 1. The van der Waals surface area contributed by atoms with E-state index in [0.717, 1.165) is 19.4 Å². The minimum absolute atomic E-state index is 0.0144. The van der Waals surface area contributed by atoms with Gasteiger partial charge in [-0.2, -0.15) is 0 Å². The summed E-state index contributed by atoms with van der Waals surface area (Å²) in [6.07, 6.45) is 4.82. The Kier molecular flexibility index (Phi) is 5.69. The first kappa shape index (κ1) is 15.9. The minimum atomic E-state index is -0.468. The second-order valence-corrected chi connectivity index (χ2v) is 6.01. The summed E-state index contributed by atoms with van der Waals surface area (Å²) in [5.41, 5.74) is 0.550. The van der Waals surface area contributed by atoms with Gasteiger partial charge in [-0.05, 0) is 53.9 Å². The normalized spacial score (nSPS) is 18.2. The van der Waals surface area contributed by atoms with Gasteiger partial charge in [0, 0.05) is 24.2 Å². The molecule has 2 N–H and O–H groups in total. The van der Waals surface area contributed by atoms with E-state index in [2.05, 4.69) is 26.6 Å². The molecule has 2 rings (SSSR count). The summed E-state index contributed by atoms with van der Waals surface area (Å²) in [5, 5.41) is 16.9. The summed E-state index contributed by atoms with van der Waals surface area (Å²) in [6.45, 7) is 1.03. The summed E-state index contributed by atoms with van der Waals surface area (Å²) in [4.78, 5) is 22.1. The third kappa shape index (κ3) is 4.78. The first-order chi connectivity index (χ1) is 10.1. The number of nitro benzene ring substituents is 1. The summed E-state index contributed by atoms with van der Waals surface area (Å²) in [5.74, 6) is -0.0665. The van der Waals surface area contributed by atoms with Crippen LogP contribution in [0.3, 0.4) is 0 Å². The van der Waals surface area contributed by atoms with E-state index in [1.165, 1.54) is 18.9 Å². The predicted octanol–water partition coefficient (Wildman–Crippen LogP) is 3.22. The van der Waals surface area contributed by atoms with Gasteiger partial charge in [-0.25, -0.2) is 0 Å². The molecule has 21 heavy (non-hydrogen) atoms. The molecule has 1 heterocycles. The lowest BCUT2D eigenvalue weighted by Gasteiger charge is -2.23. The van der Waals surface area contributed by atoms with E-state index < -0.39 is 4.92 Å². The van der Waals surface area contributed by atoms with Gasteiger partial charge in [0.15, 0.2) is 0 Å². The number of benzene rings is 1. The maximum atomic E-state index is 11.9. The van der Waals surface area contributed by atoms with Gasteiger partial charge < -0.3 is 10.6 Å². The van der Waals surface area contributed by atoms with Crippen LogP contribution >= 0.6 is 15.9 Å². The molecule has 1 aromatic carbocycles. The van der Waals surface area contributed by atoms with Crippen molar-refractivity contribution in [2.75, 3.05) is 11.9 Å². The number of amides is 1. The van der Waals surface area contributed by atoms with Gasteiger partial charge in [-0.3, -0.25) is 14.9 Å². The summed E-state index contributed by atoms with van der Waals surface area (Å²) < 4.78 is 0.360. The molecule has 1 aliphatic rings. The molecule has 1 amide bonds. The first-order valence-electron chi connectivity index (χ1n) is 7.03. The molecule has 1 aliphatic heterocycles. The number of hydrogen-bond donors (Lipinski definition) is 2. The molecule has 1 atom stereocenters. The lowest BCUT2D eigenvalue weighted by molar-refractivity contribution is -0.385. The predicted molar refractivity (Wildman–Crippen MR) is 84.3 cm³/mol. The van der Waals surface area contributed by atoms with Crippen LogP contribution in [0.1, 0.15) is 32.1 Å². The average molecular weight is 356 g/mol. The van der Waals surface area contributed by atoms with E-state index in [4.69, 9.17) is 0 Å². The van der Waals surface area contributed by atoms with E-state index in [9.17, 15) is 14.9 Å². The van der Waals surface area contributed by atoms with Crippen LogP contribution in [0.15, 0.2) is 22.7 Å². The fraction of sp³-hybridized carbons (Fsp3) is 0.500. The van der Waals surface area contributed by atoms with Gasteiger partial charge in [-0.15, -0.1) is 0 Å². The number of anilines is 1. The zero-order valence-corrected chi connectivity index (χ0v) is 13.2. The Balaban J connectivity index is 1.84. The van der Waals surface area contributed by atoms with Crippen molar-refractivity contribution in [3.05, 3.63) is 32.8 Å². The molecule has 0 spiro atoms. The van der Waals surface area contributed by atoms with Gasteiger partial charge in [0.25, 0.3) is 5.69 Å². The van der Waals surface area contributed by atoms with Crippen LogP contribution < -0.4 is 10.6 Å². The quantitative estimate of drug-likeness (QED) is 0.627. The number of nitrogens with one attached hydrogen (secondary N) is 2. The Hall–Kier alpha value is -1.47. The van der Waals surface area contributed by atoms with E-state index in [0.29, 0.717) is 22.6 Å². The van der Waals surface area contributed by atoms with Crippen LogP contribution in [0.2, 0.25) is 0 Å². The molecule has 114 valence electrons. The standard InChI is InChI=1S/C14H18BrN3O3/c15-12-9-11(4-6-13(12)18(20)21)17-14(19)7-5-10-3-1-2-8-16-10/h4,6,9-10,16H,1-3,5,7-8H2,(H,17,19). The van der Waals surface area contributed by atoms with E-state index in [-0.39, 0.29) is 11.6 Å². The Bertz CT molecular complexity index is 530. The fourth-order valence-electron chi connectivity index (χ4n) is 2.43. The lowest BCUT2D eigenvalue weighted by atomic mass is 10.0. The number of carbonyl (C=O) groups excluding carboxylic acids is 1. The maximum absolute atomic E-state index is 11.9. The second kappa shape index (κ2) is 7.51. The monoisotopic (exact) mass is 355 g/mol. The Morgan fingerprint density at radius 3 is 2.90 bits per heavy atom. The third-order valence-electron chi connectivity index (χ3n) is 3.56. The fourth-order valence-corrected chi connectivity index (χ4v) is 2.96. The molecule has 0 bridgehead atoms. The molecular formula is C14H18BrN3O3. The van der Waals surface area contributed by atoms with Crippen molar-refractivity contribution in [3.63, 3.8) is 0 Å². The molecule has 0 saturated carbocycles. The SMILES string of the molecule is O=C(CCC1CCCCN1)Nc1ccc([N+](=O)[O-])c(Br)c1. The molecule has 0 aliphatic carbocycles. The first-order valence-corrected chi connectivity index (χ1v) is 7.83. The summed E-state index contributed by atoms with van der Waals surface area (Å²) in [6, 6.07) is 4.89. The van der Waals surface area contributed by atoms with Crippen molar-refractivity contribution in [2.45, 2.75) is 38.1 Å². The topological polar surface area (TPSA) is 84.3 Å². The van der Waals surface area contributed by atoms with Gasteiger partial charge in [0.05, 0.1) is 9.40 Å². The number of rotatable bonds is 5. The number of nitrogens with zero attached hydrogens (tertiary/aromatic N) is 1. The van der Waals surface area contributed by atoms with Gasteiger partial charge >= 0.3 is 0 Å². The van der Waals surface area contributed by atoms with Crippen molar-refractivity contribution >= 4 is 33.2 Å². The van der Waals surface area contributed by atoms with Crippen molar-refractivity contribution in [2.24, 2.45) is 0 Å². The van der Waals surface area contributed by atoms with Crippen molar-refractivity contribution in [1.29, 1.82) is 0 Å². The van der Waals surface area contributed by atoms with Crippen LogP contribution in [0, 0.1) is 10.1 Å². The maximum Gasteiger partial charge on any atom is 0.283 e. The van der Waals surface area contributed by atoms with Crippen molar-refractivity contribution in [3.8, 4) is 0 Å². The Morgan fingerprint density at radius 1 is 1.48 bits per heavy atom. The average Bonchev–Trinajstić information content (AvgIpc) is 2.46. The second-order valence-electron chi connectivity index (χ2n) is 5.16. The highest BCUT2D eigenvalue weighted by molar-refractivity contribution is 9.10. The van der Waals surface area contributed by atoms with Crippen LogP contribution in [0.5, 0.6) is 0 Å². The van der Waals surface area contributed by atoms with Crippen molar-refractivity contribution in [1.82, 2.24) is 5.32 Å². The third-order valence-corrected chi connectivity index (χ3v) is 4.20. The highest BCUT2D eigenvalue weighted by Crippen LogP contribution is 2.27. The smallest absolute Gasteiger partial charge is 0.283 e. The van der Waals surface area contributed by atoms with Crippen LogP contribution in [-0.4, -0.2) is 23.4 Å². The molecule has 7 heteroatoms. The molecule has 6 nitrogen and oxygen atoms in total. The lowest BCUT2D eigenvalue weighted by Crippen LogP contribution is -2.34. The highest BCUT2D eigenvalue weighted by Gasteiger charge is 2.15. The molecule has 0 radical (unpaired) electrons. The zero-order valence-electron chi connectivity index (χ0n) is 11.6. The molecule has 1 aromatic rings. The Labute approximate surface area is 131 Å². The molecule has 1 saturated heterocycles. The number of halogens is 1. The van der Waals surface area contributed by atoms with E-state index >= 15 is 0 Å². The number of nitro groups is 1. The van der Waals surface area contributed by atoms with Gasteiger partial charge in [-0.1, -0.05) is 6.42 Å². The number of carbonyl (C=O) groups is 1. The van der Waals surface area contributed by atoms with Crippen LogP contribution in [-0.2, 0) is 4.79 Å². The van der Waals surface area contributed by atoms with Crippen molar-refractivity contribution < 1.29 is 9.72 Å². The van der Waals surface area contributed by atoms with Crippen LogP contribution in [0.25, 0.3) is 0 Å². The Morgan fingerprint density at radius 2 is 2.29 bits per heavy atom. The van der Waals surface area contributed by atoms with E-state index in [1.807, 2.05) is 0 Å². The molecule has 1 fully saturated rings. The molecule has 1 unspecified atom stereocenters. The highest BCUT2D eigenvalue weighted by atomic mass is 79.9. The number of hydrogen-bond acceptors (Lipinski definition) is 4.